The number of benzene rings is 3. The lowest BCUT2D eigenvalue weighted by Gasteiger charge is -2.14. The molecule has 0 aromatic heterocycles. The predicted octanol–water partition coefficient (Wildman–Crippen LogP) is 6.04. The highest BCUT2D eigenvalue weighted by atomic mass is 79.9. The van der Waals surface area contributed by atoms with Gasteiger partial charge in [0.1, 0.15) is 5.75 Å². The normalized spacial score (nSPS) is 10.5. The molecule has 0 bridgehead atoms. The number of rotatable bonds is 3. The largest absolute Gasteiger partial charge is 0.495 e. The molecule has 0 heterocycles. The van der Waals surface area contributed by atoms with Crippen molar-refractivity contribution in [1.29, 1.82) is 0 Å². The molecule has 4 nitrogen and oxygen atoms in total. The van der Waals surface area contributed by atoms with Crippen molar-refractivity contribution in [3.63, 3.8) is 0 Å². The first kappa shape index (κ1) is 19.9. The van der Waals surface area contributed by atoms with Crippen LogP contribution in [-0.4, -0.2) is 18.1 Å². The number of fused-ring (bicyclic) bond motifs is 1. The van der Waals surface area contributed by atoms with E-state index in [9.17, 15) is 4.79 Å². The molecule has 27 heavy (non-hydrogen) atoms. The molecular weight excluding hydrogens is 471 g/mol. The summed E-state index contributed by atoms with van der Waals surface area (Å²) in [5, 5.41) is 8.41. The fourth-order valence-electron chi connectivity index (χ4n) is 2.61. The van der Waals surface area contributed by atoms with E-state index < -0.39 is 5.91 Å². The molecule has 0 radical (unpaired) electrons. The molecule has 138 valence electrons. The summed E-state index contributed by atoms with van der Waals surface area (Å²) < 4.78 is 6.13. The maximum atomic E-state index is 12.8. The van der Waals surface area contributed by atoms with Crippen LogP contribution in [0, 0.1) is 0 Å². The van der Waals surface area contributed by atoms with E-state index in [4.69, 9.17) is 40.2 Å². The Balaban J connectivity index is 1.86. The third-order valence-corrected chi connectivity index (χ3v) is 5.17. The zero-order valence-electron chi connectivity index (χ0n) is 14.0. The van der Waals surface area contributed by atoms with Gasteiger partial charge in [-0.15, -0.1) is 0 Å². The Morgan fingerprint density at radius 2 is 1.78 bits per heavy atom. The zero-order chi connectivity index (χ0) is 19.6. The average molecular weight is 484 g/mol. The molecule has 3 rings (SSSR count). The first-order chi connectivity index (χ1) is 12.9. The number of methoxy groups -OCH3 is 1. The quantitative estimate of drug-likeness (QED) is 0.445. The van der Waals surface area contributed by atoms with Crippen LogP contribution in [0.4, 0.5) is 5.69 Å². The van der Waals surface area contributed by atoms with E-state index in [0.717, 1.165) is 10.8 Å². The monoisotopic (exact) mass is 482 g/mol. The number of amides is 1. The molecule has 0 aliphatic carbocycles. The first-order valence-corrected chi connectivity index (χ1v) is 9.68. The molecule has 3 aromatic rings. The molecular formula is C19H13BrCl2N2O2S. The molecule has 0 aliphatic rings. The molecule has 0 aliphatic heterocycles. The maximum absolute atomic E-state index is 12.8. The van der Waals surface area contributed by atoms with Gasteiger partial charge in [-0.2, -0.15) is 0 Å². The SMILES string of the molecule is COc1c(C(=O)NC(=S)Nc2cc(Cl)cc(Cl)c2)cc2ccccc2c1Br. The summed E-state index contributed by atoms with van der Waals surface area (Å²) in [6.45, 7) is 0. The number of ether oxygens (including phenoxy) is 1. The van der Waals surface area contributed by atoms with Gasteiger partial charge >= 0.3 is 0 Å². The highest BCUT2D eigenvalue weighted by Gasteiger charge is 2.19. The summed E-state index contributed by atoms with van der Waals surface area (Å²) in [6.07, 6.45) is 0. The zero-order valence-corrected chi connectivity index (χ0v) is 17.9. The highest BCUT2D eigenvalue weighted by Crippen LogP contribution is 2.36. The lowest BCUT2D eigenvalue weighted by molar-refractivity contribution is 0.0975. The fraction of sp³-hybridized carbons (Fsp3) is 0.0526. The smallest absolute Gasteiger partial charge is 0.261 e. The lowest BCUT2D eigenvalue weighted by Crippen LogP contribution is -2.34. The van der Waals surface area contributed by atoms with Crippen molar-refractivity contribution in [3.05, 3.63) is 68.6 Å². The number of nitrogens with one attached hydrogen (secondary N) is 2. The van der Waals surface area contributed by atoms with Crippen molar-refractivity contribution in [2.24, 2.45) is 0 Å². The number of carbonyl (C=O) groups excluding carboxylic acids is 1. The van der Waals surface area contributed by atoms with Gasteiger partial charge in [0.15, 0.2) is 5.11 Å². The number of carbonyl (C=O) groups is 1. The minimum atomic E-state index is -0.399. The van der Waals surface area contributed by atoms with Crippen LogP contribution in [0.2, 0.25) is 10.0 Å². The van der Waals surface area contributed by atoms with E-state index >= 15 is 0 Å². The van der Waals surface area contributed by atoms with Crippen LogP contribution in [0.25, 0.3) is 10.8 Å². The lowest BCUT2D eigenvalue weighted by atomic mass is 10.1. The molecule has 0 saturated heterocycles. The van der Waals surface area contributed by atoms with Crippen molar-refractivity contribution in [1.82, 2.24) is 5.32 Å². The summed E-state index contributed by atoms with van der Waals surface area (Å²) in [6, 6.07) is 14.3. The maximum Gasteiger partial charge on any atom is 0.261 e. The van der Waals surface area contributed by atoms with Gasteiger partial charge in [-0.25, -0.2) is 0 Å². The third kappa shape index (κ3) is 4.52. The first-order valence-electron chi connectivity index (χ1n) is 7.72. The summed E-state index contributed by atoms with van der Waals surface area (Å²) in [7, 11) is 1.51. The molecule has 0 unspecified atom stereocenters. The van der Waals surface area contributed by atoms with Crippen LogP contribution in [0.5, 0.6) is 5.75 Å². The number of anilines is 1. The molecule has 2 N–H and O–H groups in total. The van der Waals surface area contributed by atoms with Crippen molar-refractivity contribution >= 4 is 78.8 Å². The van der Waals surface area contributed by atoms with Crippen molar-refractivity contribution in [2.45, 2.75) is 0 Å². The van der Waals surface area contributed by atoms with Crippen LogP contribution in [0.1, 0.15) is 10.4 Å². The van der Waals surface area contributed by atoms with E-state index in [1.165, 1.54) is 7.11 Å². The Morgan fingerprint density at radius 1 is 1.11 bits per heavy atom. The molecule has 8 heteroatoms. The highest BCUT2D eigenvalue weighted by molar-refractivity contribution is 9.10. The van der Waals surface area contributed by atoms with Gasteiger partial charge in [0.05, 0.1) is 17.1 Å². The van der Waals surface area contributed by atoms with Gasteiger partial charge in [-0.05, 0) is 63.2 Å². The minimum absolute atomic E-state index is 0.115. The van der Waals surface area contributed by atoms with Crippen LogP contribution in [0.3, 0.4) is 0 Å². The summed E-state index contributed by atoms with van der Waals surface area (Å²) >= 11 is 20.7. The van der Waals surface area contributed by atoms with Gasteiger partial charge < -0.3 is 10.1 Å². The van der Waals surface area contributed by atoms with Gasteiger partial charge in [0, 0.05) is 15.7 Å². The van der Waals surface area contributed by atoms with Crippen molar-refractivity contribution in [3.8, 4) is 5.75 Å². The van der Waals surface area contributed by atoms with Crippen LogP contribution in [0.15, 0.2) is 53.0 Å². The molecule has 0 saturated carbocycles. The Labute approximate surface area is 179 Å². The van der Waals surface area contributed by atoms with Gasteiger partial charge in [0.2, 0.25) is 0 Å². The molecule has 0 atom stereocenters. The van der Waals surface area contributed by atoms with Gasteiger partial charge in [-0.3, -0.25) is 10.1 Å². The predicted molar refractivity (Wildman–Crippen MR) is 118 cm³/mol. The van der Waals surface area contributed by atoms with Gasteiger partial charge in [-0.1, -0.05) is 47.5 Å². The number of hydrogen-bond acceptors (Lipinski definition) is 3. The summed E-state index contributed by atoms with van der Waals surface area (Å²) in [5.74, 6) is 0.0312. The van der Waals surface area contributed by atoms with Crippen molar-refractivity contribution < 1.29 is 9.53 Å². The van der Waals surface area contributed by atoms with Crippen LogP contribution >= 0.6 is 51.3 Å². The number of halogens is 3. The Hall–Kier alpha value is -1.86. The van der Waals surface area contributed by atoms with Crippen molar-refractivity contribution in [2.75, 3.05) is 12.4 Å². The van der Waals surface area contributed by atoms with E-state index in [0.29, 0.717) is 31.5 Å². The van der Waals surface area contributed by atoms with Crippen LogP contribution < -0.4 is 15.4 Å². The summed E-state index contributed by atoms with van der Waals surface area (Å²) in [4.78, 5) is 12.8. The van der Waals surface area contributed by atoms with E-state index in [2.05, 4.69) is 26.6 Å². The Bertz CT molecular complexity index is 1040. The Kier molecular flexibility index (Phi) is 6.22. The number of hydrogen-bond donors (Lipinski definition) is 2. The average Bonchev–Trinajstić information content (AvgIpc) is 2.60. The second-order valence-corrected chi connectivity index (χ2v) is 7.63. The third-order valence-electron chi connectivity index (χ3n) is 3.74. The summed E-state index contributed by atoms with van der Waals surface area (Å²) in [5.41, 5.74) is 0.931. The standard InChI is InChI=1S/C19H13BrCl2N2O2S/c1-26-17-15(6-10-4-2-3-5-14(10)16(17)20)18(25)24-19(27)23-13-8-11(21)7-12(22)9-13/h2-9H,1H3,(H2,23,24,25,27). The van der Waals surface area contributed by atoms with E-state index in [1.807, 2.05) is 24.3 Å². The number of thiocarbonyl (C=S) groups is 1. The van der Waals surface area contributed by atoms with E-state index in [-0.39, 0.29) is 5.11 Å². The molecule has 3 aromatic carbocycles. The molecule has 1 amide bonds. The van der Waals surface area contributed by atoms with Crippen LogP contribution in [-0.2, 0) is 0 Å². The second-order valence-electron chi connectivity index (χ2n) is 5.56. The minimum Gasteiger partial charge on any atom is -0.495 e. The topological polar surface area (TPSA) is 50.4 Å². The molecule has 0 fully saturated rings. The van der Waals surface area contributed by atoms with E-state index in [1.54, 1.807) is 24.3 Å². The molecule has 0 spiro atoms. The fourth-order valence-corrected chi connectivity index (χ4v) is 4.08. The Morgan fingerprint density at radius 3 is 2.44 bits per heavy atom. The van der Waals surface area contributed by atoms with Gasteiger partial charge in [0.25, 0.3) is 5.91 Å². The second kappa shape index (κ2) is 8.44.